The summed E-state index contributed by atoms with van der Waals surface area (Å²) in [6.45, 7) is 4.21. The highest BCUT2D eigenvalue weighted by atomic mass is 16.3. The molecule has 1 aromatic rings. The smallest absolute Gasteiger partial charge is 0.255 e. The first-order chi connectivity index (χ1) is 6.69. The molecule has 4 heteroatoms. The normalized spacial score (nSPS) is 12.5. The van der Waals surface area contributed by atoms with Crippen LogP contribution >= 0.6 is 0 Å². The van der Waals surface area contributed by atoms with Crippen molar-refractivity contribution in [2.45, 2.75) is 26.3 Å². The van der Waals surface area contributed by atoms with Crippen LogP contribution in [-0.4, -0.2) is 18.5 Å². The number of hydrogen-bond donors (Lipinski definition) is 2. The highest BCUT2D eigenvalue weighted by Gasteiger charge is 2.14. The third-order valence-electron chi connectivity index (χ3n) is 2.22. The summed E-state index contributed by atoms with van der Waals surface area (Å²) in [4.78, 5) is 11.6. The molecule has 0 fully saturated rings. The van der Waals surface area contributed by atoms with Crippen molar-refractivity contribution in [2.24, 2.45) is 5.73 Å². The second kappa shape index (κ2) is 4.81. The van der Waals surface area contributed by atoms with Gasteiger partial charge in [-0.1, -0.05) is 6.92 Å². The van der Waals surface area contributed by atoms with Crippen molar-refractivity contribution >= 4 is 5.91 Å². The molecule has 4 nitrogen and oxygen atoms in total. The summed E-state index contributed by atoms with van der Waals surface area (Å²) in [6.07, 6.45) is 2.34. The molecule has 0 bridgehead atoms. The lowest BCUT2D eigenvalue weighted by atomic mass is 10.2. The van der Waals surface area contributed by atoms with E-state index in [-0.39, 0.29) is 11.9 Å². The number of carbonyl (C=O) groups is 1. The SMILES string of the molecule is CCC(CN)NC(=O)c1ccoc1C. The Balaban J connectivity index is 2.63. The van der Waals surface area contributed by atoms with Crippen LogP contribution in [0.3, 0.4) is 0 Å². The number of furan rings is 1. The van der Waals surface area contributed by atoms with Gasteiger partial charge in [-0.2, -0.15) is 0 Å². The standard InChI is InChI=1S/C10H16N2O2/c1-3-8(6-11)12-10(13)9-4-5-14-7(9)2/h4-5,8H,3,6,11H2,1-2H3,(H,12,13). The van der Waals surface area contributed by atoms with Crippen LogP contribution in [0.2, 0.25) is 0 Å². The van der Waals surface area contributed by atoms with Gasteiger partial charge in [-0.25, -0.2) is 0 Å². The minimum Gasteiger partial charge on any atom is -0.469 e. The van der Waals surface area contributed by atoms with Gasteiger partial charge >= 0.3 is 0 Å². The first-order valence-electron chi connectivity index (χ1n) is 4.74. The topological polar surface area (TPSA) is 68.3 Å². The number of rotatable bonds is 4. The largest absolute Gasteiger partial charge is 0.469 e. The number of carbonyl (C=O) groups excluding carboxylic acids is 1. The van der Waals surface area contributed by atoms with E-state index in [9.17, 15) is 4.79 Å². The number of nitrogens with one attached hydrogen (secondary N) is 1. The van der Waals surface area contributed by atoms with E-state index in [4.69, 9.17) is 10.2 Å². The molecule has 3 N–H and O–H groups in total. The Morgan fingerprint density at radius 3 is 2.86 bits per heavy atom. The molecule has 1 aromatic heterocycles. The lowest BCUT2D eigenvalue weighted by Gasteiger charge is -2.13. The van der Waals surface area contributed by atoms with E-state index in [0.29, 0.717) is 17.9 Å². The minimum atomic E-state index is -0.117. The van der Waals surface area contributed by atoms with Gasteiger partial charge in [-0.3, -0.25) is 4.79 Å². The van der Waals surface area contributed by atoms with E-state index < -0.39 is 0 Å². The minimum absolute atomic E-state index is 0.0387. The summed E-state index contributed by atoms with van der Waals surface area (Å²) >= 11 is 0. The Labute approximate surface area is 83.5 Å². The monoisotopic (exact) mass is 196 g/mol. The van der Waals surface area contributed by atoms with Gasteiger partial charge in [0.25, 0.3) is 5.91 Å². The molecular formula is C10H16N2O2. The van der Waals surface area contributed by atoms with Crippen molar-refractivity contribution in [1.82, 2.24) is 5.32 Å². The van der Waals surface area contributed by atoms with Crippen molar-refractivity contribution in [3.63, 3.8) is 0 Å². The fourth-order valence-corrected chi connectivity index (χ4v) is 1.21. The van der Waals surface area contributed by atoms with E-state index >= 15 is 0 Å². The molecule has 0 aliphatic carbocycles. The van der Waals surface area contributed by atoms with Crippen LogP contribution in [0.5, 0.6) is 0 Å². The van der Waals surface area contributed by atoms with E-state index in [2.05, 4.69) is 5.32 Å². The highest BCUT2D eigenvalue weighted by Crippen LogP contribution is 2.08. The van der Waals surface area contributed by atoms with Crippen molar-refractivity contribution in [3.8, 4) is 0 Å². The first-order valence-corrected chi connectivity index (χ1v) is 4.74. The lowest BCUT2D eigenvalue weighted by molar-refractivity contribution is 0.0935. The van der Waals surface area contributed by atoms with Crippen LogP contribution < -0.4 is 11.1 Å². The second-order valence-corrected chi connectivity index (χ2v) is 3.20. The molecule has 1 rings (SSSR count). The molecule has 0 aliphatic heterocycles. The maximum Gasteiger partial charge on any atom is 0.255 e. The molecule has 14 heavy (non-hydrogen) atoms. The second-order valence-electron chi connectivity index (χ2n) is 3.20. The molecule has 0 aromatic carbocycles. The summed E-state index contributed by atoms with van der Waals surface area (Å²) in [6, 6.07) is 1.70. The van der Waals surface area contributed by atoms with E-state index in [1.165, 1.54) is 6.26 Å². The number of amides is 1. The summed E-state index contributed by atoms with van der Waals surface area (Å²) in [7, 11) is 0. The van der Waals surface area contributed by atoms with E-state index in [0.717, 1.165) is 6.42 Å². The zero-order valence-corrected chi connectivity index (χ0v) is 8.54. The highest BCUT2D eigenvalue weighted by molar-refractivity contribution is 5.95. The molecule has 1 heterocycles. The molecular weight excluding hydrogens is 180 g/mol. The van der Waals surface area contributed by atoms with Crippen molar-refractivity contribution in [1.29, 1.82) is 0 Å². The van der Waals surface area contributed by atoms with Crippen LogP contribution in [0.15, 0.2) is 16.7 Å². The molecule has 1 atom stereocenters. The Bertz CT molecular complexity index is 303. The Morgan fingerprint density at radius 1 is 1.71 bits per heavy atom. The molecule has 0 radical (unpaired) electrons. The third-order valence-corrected chi connectivity index (χ3v) is 2.22. The third kappa shape index (κ3) is 2.35. The molecule has 0 saturated heterocycles. The predicted molar refractivity (Wildman–Crippen MR) is 54.0 cm³/mol. The van der Waals surface area contributed by atoms with Crippen LogP contribution in [0, 0.1) is 6.92 Å². The summed E-state index contributed by atoms with van der Waals surface area (Å²) in [5.74, 6) is 0.517. The first kappa shape index (κ1) is 10.8. The summed E-state index contributed by atoms with van der Waals surface area (Å²) < 4.78 is 5.04. The van der Waals surface area contributed by atoms with Gasteiger partial charge in [0.15, 0.2) is 0 Å². The van der Waals surface area contributed by atoms with Crippen LogP contribution in [0.4, 0.5) is 0 Å². The molecule has 78 valence electrons. The maximum absolute atomic E-state index is 11.6. The quantitative estimate of drug-likeness (QED) is 0.756. The van der Waals surface area contributed by atoms with Crippen LogP contribution in [-0.2, 0) is 0 Å². The van der Waals surface area contributed by atoms with Gasteiger partial charge in [0.1, 0.15) is 5.76 Å². The van der Waals surface area contributed by atoms with Crippen molar-refractivity contribution in [3.05, 3.63) is 23.7 Å². The van der Waals surface area contributed by atoms with Crippen molar-refractivity contribution in [2.75, 3.05) is 6.54 Å². The number of nitrogens with two attached hydrogens (primary N) is 1. The average molecular weight is 196 g/mol. The lowest BCUT2D eigenvalue weighted by Crippen LogP contribution is -2.39. The Hall–Kier alpha value is -1.29. The van der Waals surface area contributed by atoms with Gasteiger partial charge in [0.2, 0.25) is 0 Å². The average Bonchev–Trinajstić information content (AvgIpc) is 2.60. The summed E-state index contributed by atoms with van der Waals surface area (Å²) in [5.41, 5.74) is 6.07. The van der Waals surface area contributed by atoms with Crippen LogP contribution in [0.25, 0.3) is 0 Å². The number of aryl methyl sites for hydroxylation is 1. The fraction of sp³-hybridized carbons (Fsp3) is 0.500. The van der Waals surface area contributed by atoms with Gasteiger partial charge < -0.3 is 15.5 Å². The van der Waals surface area contributed by atoms with E-state index in [1.54, 1.807) is 13.0 Å². The van der Waals surface area contributed by atoms with Crippen LogP contribution in [0.1, 0.15) is 29.5 Å². The van der Waals surface area contributed by atoms with Gasteiger partial charge in [-0.05, 0) is 19.4 Å². The molecule has 0 saturated carbocycles. The molecule has 1 unspecified atom stereocenters. The molecule has 1 amide bonds. The van der Waals surface area contributed by atoms with Gasteiger partial charge in [0.05, 0.1) is 11.8 Å². The van der Waals surface area contributed by atoms with Gasteiger partial charge in [0, 0.05) is 12.6 Å². The zero-order chi connectivity index (χ0) is 10.6. The predicted octanol–water partition coefficient (Wildman–Crippen LogP) is 1.06. The maximum atomic E-state index is 11.6. The molecule has 0 aliphatic rings. The fourth-order valence-electron chi connectivity index (χ4n) is 1.21. The van der Waals surface area contributed by atoms with Gasteiger partial charge in [-0.15, -0.1) is 0 Å². The summed E-state index contributed by atoms with van der Waals surface area (Å²) in [5, 5.41) is 2.84. The Morgan fingerprint density at radius 2 is 2.43 bits per heavy atom. The molecule has 0 spiro atoms. The number of hydrogen-bond acceptors (Lipinski definition) is 3. The zero-order valence-electron chi connectivity index (χ0n) is 8.54. The van der Waals surface area contributed by atoms with Crippen molar-refractivity contribution < 1.29 is 9.21 Å². The Kier molecular flexibility index (Phi) is 3.71. The van der Waals surface area contributed by atoms with E-state index in [1.807, 2.05) is 6.92 Å².